The topological polar surface area (TPSA) is 80.4 Å². The summed E-state index contributed by atoms with van der Waals surface area (Å²) in [5.74, 6) is -0.204. The minimum atomic E-state index is -3.12. The van der Waals surface area contributed by atoms with Crippen LogP contribution in [0.15, 0.2) is 0 Å². The van der Waals surface area contributed by atoms with Crippen LogP contribution in [0.3, 0.4) is 0 Å². The minimum Gasteiger partial charge on any atom is -0.395 e. The molecular formula is C6H15NO3S. The average molecular weight is 181 g/mol. The lowest BCUT2D eigenvalue weighted by Crippen LogP contribution is -2.30. The zero-order valence-corrected chi connectivity index (χ0v) is 7.47. The lowest BCUT2D eigenvalue weighted by molar-refractivity contribution is 0.319. The fourth-order valence-corrected chi connectivity index (χ4v) is 2.00. The molecule has 0 saturated carbocycles. The van der Waals surface area contributed by atoms with Gasteiger partial charge in [0.05, 0.1) is 18.1 Å². The van der Waals surface area contributed by atoms with E-state index in [2.05, 4.69) is 0 Å². The van der Waals surface area contributed by atoms with Gasteiger partial charge in [0.2, 0.25) is 0 Å². The maximum atomic E-state index is 11.0. The molecule has 0 aliphatic carbocycles. The van der Waals surface area contributed by atoms with Crippen LogP contribution in [0, 0.1) is 0 Å². The lowest BCUT2D eigenvalue weighted by atomic mass is 10.3. The van der Waals surface area contributed by atoms with Crippen molar-refractivity contribution in [1.82, 2.24) is 0 Å². The van der Waals surface area contributed by atoms with Gasteiger partial charge in [-0.25, -0.2) is 8.42 Å². The van der Waals surface area contributed by atoms with E-state index in [9.17, 15) is 8.42 Å². The van der Waals surface area contributed by atoms with Crippen LogP contribution in [0.1, 0.15) is 13.3 Å². The summed E-state index contributed by atoms with van der Waals surface area (Å²) in [6, 6.07) is -0.299. The molecule has 0 radical (unpaired) electrons. The van der Waals surface area contributed by atoms with Crippen molar-refractivity contribution < 1.29 is 13.5 Å². The molecule has 1 unspecified atom stereocenters. The molecule has 0 aliphatic heterocycles. The summed E-state index contributed by atoms with van der Waals surface area (Å²) in [5.41, 5.74) is 5.43. The highest BCUT2D eigenvalue weighted by molar-refractivity contribution is 7.91. The standard InChI is InChI=1S/C6H15NO3S/c1-2-6(7)5-11(9,10)4-3-8/h6,8H,2-5,7H2,1H3. The highest BCUT2D eigenvalue weighted by Gasteiger charge is 2.13. The van der Waals surface area contributed by atoms with Gasteiger partial charge in [-0.2, -0.15) is 0 Å². The molecule has 68 valence electrons. The highest BCUT2D eigenvalue weighted by atomic mass is 32.2. The van der Waals surface area contributed by atoms with Gasteiger partial charge in [0.15, 0.2) is 9.84 Å². The number of nitrogens with two attached hydrogens (primary N) is 1. The van der Waals surface area contributed by atoms with Crippen LogP contribution in [0.25, 0.3) is 0 Å². The van der Waals surface area contributed by atoms with E-state index in [0.29, 0.717) is 6.42 Å². The number of aliphatic hydroxyl groups is 1. The quantitative estimate of drug-likeness (QED) is 0.578. The molecule has 0 rings (SSSR count). The van der Waals surface area contributed by atoms with E-state index in [-0.39, 0.29) is 24.2 Å². The number of sulfone groups is 1. The molecule has 0 aromatic rings. The molecule has 11 heavy (non-hydrogen) atoms. The van der Waals surface area contributed by atoms with Gasteiger partial charge >= 0.3 is 0 Å². The molecular weight excluding hydrogens is 166 g/mol. The lowest BCUT2D eigenvalue weighted by Gasteiger charge is -2.07. The van der Waals surface area contributed by atoms with Gasteiger partial charge in [-0.15, -0.1) is 0 Å². The number of aliphatic hydroxyl groups excluding tert-OH is 1. The molecule has 0 bridgehead atoms. The first-order chi connectivity index (χ1) is 5.02. The Kier molecular flexibility index (Phi) is 4.63. The van der Waals surface area contributed by atoms with Gasteiger partial charge in [-0.05, 0) is 6.42 Å². The van der Waals surface area contributed by atoms with E-state index in [1.54, 1.807) is 0 Å². The SMILES string of the molecule is CCC(N)CS(=O)(=O)CCO. The predicted molar refractivity (Wildman–Crippen MR) is 44.0 cm³/mol. The van der Waals surface area contributed by atoms with Crippen LogP contribution in [-0.4, -0.2) is 37.7 Å². The Bertz CT molecular complexity index is 188. The molecule has 0 fully saturated rings. The van der Waals surface area contributed by atoms with Gasteiger partial charge in [0, 0.05) is 6.04 Å². The van der Waals surface area contributed by atoms with Gasteiger partial charge in [0.25, 0.3) is 0 Å². The summed E-state index contributed by atoms with van der Waals surface area (Å²) in [5, 5.41) is 8.37. The van der Waals surface area contributed by atoms with Crippen LogP contribution < -0.4 is 5.73 Å². The third kappa shape index (κ3) is 5.17. The first kappa shape index (κ1) is 10.9. The molecule has 0 saturated heterocycles. The van der Waals surface area contributed by atoms with Gasteiger partial charge in [-0.3, -0.25) is 0 Å². The highest BCUT2D eigenvalue weighted by Crippen LogP contribution is 1.95. The summed E-state index contributed by atoms with van der Waals surface area (Å²) >= 11 is 0. The first-order valence-electron chi connectivity index (χ1n) is 3.58. The molecule has 0 aromatic heterocycles. The molecule has 0 spiro atoms. The smallest absolute Gasteiger partial charge is 0.154 e. The van der Waals surface area contributed by atoms with E-state index in [4.69, 9.17) is 10.8 Å². The molecule has 1 atom stereocenters. The Morgan fingerprint density at radius 1 is 1.55 bits per heavy atom. The zero-order chi connectivity index (χ0) is 8.91. The molecule has 0 amide bonds. The maximum Gasteiger partial charge on any atom is 0.154 e. The Morgan fingerprint density at radius 3 is 2.45 bits per heavy atom. The van der Waals surface area contributed by atoms with Gasteiger partial charge in [0.1, 0.15) is 0 Å². The van der Waals surface area contributed by atoms with Crippen LogP contribution in [0.4, 0.5) is 0 Å². The van der Waals surface area contributed by atoms with Crippen LogP contribution in [-0.2, 0) is 9.84 Å². The predicted octanol–water partition coefficient (Wildman–Crippen LogP) is -0.869. The van der Waals surface area contributed by atoms with Crippen molar-refractivity contribution in [3.05, 3.63) is 0 Å². The summed E-state index contributed by atoms with van der Waals surface area (Å²) in [6.07, 6.45) is 0.644. The zero-order valence-electron chi connectivity index (χ0n) is 6.66. The fourth-order valence-electron chi connectivity index (χ4n) is 0.666. The van der Waals surface area contributed by atoms with Crippen molar-refractivity contribution in [3.63, 3.8) is 0 Å². The maximum absolute atomic E-state index is 11.0. The monoisotopic (exact) mass is 181 g/mol. The summed E-state index contributed by atoms with van der Waals surface area (Å²) < 4.78 is 21.9. The second kappa shape index (κ2) is 4.69. The van der Waals surface area contributed by atoms with E-state index in [0.717, 1.165) is 0 Å². The van der Waals surface area contributed by atoms with E-state index < -0.39 is 9.84 Å². The average Bonchev–Trinajstić information content (AvgIpc) is 1.86. The molecule has 3 N–H and O–H groups in total. The molecule has 0 aliphatic rings. The summed E-state index contributed by atoms with van der Waals surface area (Å²) in [4.78, 5) is 0. The van der Waals surface area contributed by atoms with Gasteiger partial charge in [-0.1, -0.05) is 6.92 Å². The van der Waals surface area contributed by atoms with Crippen molar-refractivity contribution in [2.45, 2.75) is 19.4 Å². The van der Waals surface area contributed by atoms with Crippen molar-refractivity contribution in [3.8, 4) is 0 Å². The Hall–Kier alpha value is -0.130. The molecule has 5 heteroatoms. The largest absolute Gasteiger partial charge is 0.395 e. The van der Waals surface area contributed by atoms with E-state index in [1.807, 2.05) is 6.92 Å². The molecule has 4 nitrogen and oxygen atoms in total. The number of hydrogen-bond donors (Lipinski definition) is 2. The van der Waals surface area contributed by atoms with E-state index >= 15 is 0 Å². The second-order valence-electron chi connectivity index (χ2n) is 2.51. The van der Waals surface area contributed by atoms with Crippen molar-refractivity contribution in [2.24, 2.45) is 5.73 Å². The fraction of sp³-hybridized carbons (Fsp3) is 1.00. The van der Waals surface area contributed by atoms with Crippen LogP contribution >= 0.6 is 0 Å². The van der Waals surface area contributed by atoms with Crippen molar-refractivity contribution >= 4 is 9.84 Å². The Balaban J connectivity index is 3.92. The summed E-state index contributed by atoms with van der Waals surface area (Å²) in [6.45, 7) is 1.51. The Morgan fingerprint density at radius 2 is 2.09 bits per heavy atom. The molecule has 0 aromatic carbocycles. The van der Waals surface area contributed by atoms with Gasteiger partial charge < -0.3 is 10.8 Å². The summed E-state index contributed by atoms with van der Waals surface area (Å²) in [7, 11) is -3.12. The van der Waals surface area contributed by atoms with Crippen LogP contribution in [0.5, 0.6) is 0 Å². The second-order valence-corrected chi connectivity index (χ2v) is 4.74. The normalized spacial score (nSPS) is 14.8. The number of hydrogen-bond acceptors (Lipinski definition) is 4. The Labute approximate surface area is 67.3 Å². The third-order valence-corrected chi connectivity index (χ3v) is 3.14. The van der Waals surface area contributed by atoms with Crippen LogP contribution in [0.2, 0.25) is 0 Å². The van der Waals surface area contributed by atoms with Crippen molar-refractivity contribution in [2.75, 3.05) is 18.1 Å². The minimum absolute atomic E-state index is 0.0237. The number of rotatable bonds is 5. The third-order valence-electron chi connectivity index (χ3n) is 1.39. The van der Waals surface area contributed by atoms with Crippen molar-refractivity contribution in [1.29, 1.82) is 0 Å². The first-order valence-corrected chi connectivity index (χ1v) is 5.41. The van der Waals surface area contributed by atoms with E-state index in [1.165, 1.54) is 0 Å². The molecule has 0 heterocycles.